The molecule has 0 amide bonds. The highest BCUT2D eigenvalue weighted by Crippen LogP contribution is 2.27. The van der Waals surface area contributed by atoms with Crippen LogP contribution in [0.4, 0.5) is 5.69 Å². The Morgan fingerprint density at radius 3 is 2.58 bits per heavy atom. The molecule has 6 heteroatoms. The normalized spacial score (nSPS) is 10.7. The Kier molecular flexibility index (Phi) is 6.24. The summed E-state index contributed by atoms with van der Waals surface area (Å²) in [5.74, 6) is 0.300. The molecule has 0 bridgehead atoms. The Morgan fingerprint density at radius 1 is 1.37 bits per heavy atom. The summed E-state index contributed by atoms with van der Waals surface area (Å²) in [5.41, 5.74) is 6.17. The van der Waals surface area contributed by atoms with Crippen molar-refractivity contribution in [2.45, 2.75) is 20.4 Å². The maximum Gasteiger partial charge on any atom is 0.311 e. The van der Waals surface area contributed by atoms with E-state index in [0.717, 1.165) is 25.2 Å². The average molecular weight is 267 g/mol. The molecule has 0 spiro atoms. The van der Waals surface area contributed by atoms with E-state index in [1.807, 2.05) is 0 Å². The highest BCUT2D eigenvalue weighted by Gasteiger charge is 2.15. The zero-order valence-electron chi connectivity index (χ0n) is 11.5. The first-order chi connectivity index (χ1) is 9.12. The molecular weight excluding hydrogens is 246 g/mol. The molecule has 0 aromatic heterocycles. The monoisotopic (exact) mass is 267 g/mol. The maximum atomic E-state index is 11.0. The fraction of sp³-hybridized carbons (Fsp3) is 0.538. The summed E-state index contributed by atoms with van der Waals surface area (Å²) >= 11 is 0. The third kappa shape index (κ3) is 4.50. The predicted molar refractivity (Wildman–Crippen MR) is 74.3 cm³/mol. The van der Waals surface area contributed by atoms with Gasteiger partial charge >= 0.3 is 5.69 Å². The average Bonchev–Trinajstić information content (AvgIpc) is 2.43. The Balaban J connectivity index is 2.69. The number of ether oxygens (including phenoxy) is 1. The van der Waals surface area contributed by atoms with Gasteiger partial charge in [-0.15, -0.1) is 0 Å². The molecule has 1 aromatic carbocycles. The third-order valence-corrected chi connectivity index (χ3v) is 3.02. The van der Waals surface area contributed by atoms with Crippen LogP contribution in [0.15, 0.2) is 18.2 Å². The highest BCUT2D eigenvalue weighted by molar-refractivity contribution is 5.48. The summed E-state index contributed by atoms with van der Waals surface area (Å²) in [6.07, 6.45) is 0. The van der Waals surface area contributed by atoms with E-state index in [0.29, 0.717) is 12.4 Å². The molecule has 0 saturated carbocycles. The van der Waals surface area contributed by atoms with Crippen LogP contribution in [0.3, 0.4) is 0 Å². The van der Waals surface area contributed by atoms with Crippen molar-refractivity contribution in [2.75, 3.05) is 26.2 Å². The van der Waals surface area contributed by atoms with Crippen LogP contribution in [0.1, 0.15) is 19.4 Å². The van der Waals surface area contributed by atoms with Crippen molar-refractivity contribution in [1.29, 1.82) is 0 Å². The minimum absolute atomic E-state index is 0.0255. The maximum absolute atomic E-state index is 11.0. The van der Waals surface area contributed by atoms with Crippen molar-refractivity contribution < 1.29 is 9.66 Å². The van der Waals surface area contributed by atoms with E-state index in [-0.39, 0.29) is 12.2 Å². The van der Waals surface area contributed by atoms with Crippen LogP contribution >= 0.6 is 0 Å². The molecule has 0 fully saturated rings. The van der Waals surface area contributed by atoms with Gasteiger partial charge in [0.05, 0.1) is 4.92 Å². The van der Waals surface area contributed by atoms with Gasteiger partial charge in [-0.1, -0.05) is 19.9 Å². The number of nitro groups is 1. The van der Waals surface area contributed by atoms with Crippen molar-refractivity contribution in [3.63, 3.8) is 0 Å². The van der Waals surface area contributed by atoms with Gasteiger partial charge in [0.1, 0.15) is 6.61 Å². The van der Waals surface area contributed by atoms with Gasteiger partial charge in [-0.25, -0.2) is 0 Å². The fourth-order valence-corrected chi connectivity index (χ4v) is 1.78. The number of rotatable bonds is 8. The summed E-state index contributed by atoms with van der Waals surface area (Å²) in [7, 11) is 0. The van der Waals surface area contributed by atoms with Gasteiger partial charge in [0.15, 0.2) is 5.75 Å². The lowest BCUT2D eigenvalue weighted by Crippen LogP contribution is -2.28. The van der Waals surface area contributed by atoms with Crippen LogP contribution < -0.4 is 10.5 Å². The van der Waals surface area contributed by atoms with E-state index in [9.17, 15) is 10.1 Å². The van der Waals surface area contributed by atoms with Crippen LogP contribution in [0.5, 0.6) is 5.75 Å². The fourth-order valence-electron chi connectivity index (χ4n) is 1.78. The topological polar surface area (TPSA) is 81.6 Å². The summed E-state index contributed by atoms with van der Waals surface area (Å²) in [6, 6.07) is 4.83. The van der Waals surface area contributed by atoms with Crippen molar-refractivity contribution >= 4 is 5.69 Å². The smallest absolute Gasteiger partial charge is 0.311 e. The van der Waals surface area contributed by atoms with Gasteiger partial charge in [0.25, 0.3) is 0 Å². The highest BCUT2D eigenvalue weighted by atomic mass is 16.6. The summed E-state index contributed by atoms with van der Waals surface area (Å²) in [5, 5.41) is 11.0. The van der Waals surface area contributed by atoms with Crippen LogP contribution in [-0.2, 0) is 6.54 Å². The van der Waals surface area contributed by atoms with E-state index >= 15 is 0 Å². The minimum Gasteiger partial charge on any atom is -0.485 e. The molecule has 1 rings (SSSR count). The second kappa shape index (κ2) is 7.70. The molecule has 0 radical (unpaired) electrons. The number of likely N-dealkylation sites (N-methyl/N-ethyl adjacent to an activating group) is 1. The van der Waals surface area contributed by atoms with Gasteiger partial charge in [-0.05, 0) is 24.7 Å². The molecule has 0 atom stereocenters. The predicted octanol–water partition coefficient (Wildman–Crippen LogP) is 1.77. The lowest BCUT2D eigenvalue weighted by atomic mass is 10.2. The zero-order valence-corrected chi connectivity index (χ0v) is 11.5. The number of nitro benzene ring substituents is 1. The van der Waals surface area contributed by atoms with Crippen LogP contribution in [-0.4, -0.2) is 36.1 Å². The summed E-state index contributed by atoms with van der Waals surface area (Å²) in [6.45, 7) is 7.49. The van der Waals surface area contributed by atoms with Crippen LogP contribution in [0, 0.1) is 10.1 Å². The quantitative estimate of drug-likeness (QED) is 0.573. The minimum atomic E-state index is -0.439. The van der Waals surface area contributed by atoms with Gasteiger partial charge in [0.2, 0.25) is 0 Å². The van der Waals surface area contributed by atoms with Gasteiger partial charge in [-0.2, -0.15) is 0 Å². The van der Waals surface area contributed by atoms with Gasteiger partial charge in [0, 0.05) is 19.2 Å². The van der Waals surface area contributed by atoms with Gasteiger partial charge in [-0.3, -0.25) is 10.1 Å². The first kappa shape index (κ1) is 15.4. The molecule has 0 aliphatic rings. The molecule has 106 valence electrons. The lowest BCUT2D eigenvalue weighted by molar-refractivity contribution is -0.385. The van der Waals surface area contributed by atoms with E-state index in [2.05, 4.69) is 18.7 Å². The van der Waals surface area contributed by atoms with E-state index in [1.54, 1.807) is 12.1 Å². The Bertz CT molecular complexity index is 420. The molecule has 0 heterocycles. The zero-order chi connectivity index (χ0) is 14.3. The molecule has 0 aliphatic carbocycles. The van der Waals surface area contributed by atoms with Crippen molar-refractivity contribution in [3.05, 3.63) is 33.9 Å². The molecular formula is C13H21N3O3. The summed E-state index contributed by atoms with van der Waals surface area (Å²) in [4.78, 5) is 12.7. The molecule has 0 aliphatic heterocycles. The number of benzene rings is 1. The van der Waals surface area contributed by atoms with E-state index in [1.165, 1.54) is 6.07 Å². The second-order valence-electron chi connectivity index (χ2n) is 4.14. The van der Waals surface area contributed by atoms with E-state index < -0.39 is 4.92 Å². The molecule has 1 aromatic rings. The number of nitrogens with zero attached hydrogens (tertiary/aromatic N) is 2. The first-order valence-corrected chi connectivity index (χ1v) is 6.44. The molecule has 0 saturated heterocycles. The van der Waals surface area contributed by atoms with Crippen molar-refractivity contribution in [2.24, 2.45) is 5.73 Å². The molecule has 2 N–H and O–H groups in total. The van der Waals surface area contributed by atoms with Gasteiger partial charge < -0.3 is 15.4 Å². The van der Waals surface area contributed by atoms with Crippen LogP contribution in [0.25, 0.3) is 0 Å². The number of hydrogen-bond acceptors (Lipinski definition) is 5. The van der Waals surface area contributed by atoms with E-state index in [4.69, 9.17) is 10.5 Å². The lowest BCUT2D eigenvalue weighted by Gasteiger charge is -2.18. The Hall–Kier alpha value is -1.66. The second-order valence-corrected chi connectivity index (χ2v) is 4.14. The van der Waals surface area contributed by atoms with Crippen LogP contribution in [0.2, 0.25) is 0 Å². The number of hydrogen-bond donors (Lipinski definition) is 1. The summed E-state index contributed by atoms with van der Waals surface area (Å²) < 4.78 is 5.51. The molecule has 0 unspecified atom stereocenters. The first-order valence-electron chi connectivity index (χ1n) is 6.44. The third-order valence-electron chi connectivity index (χ3n) is 3.02. The molecule has 6 nitrogen and oxygen atoms in total. The van der Waals surface area contributed by atoms with Crippen molar-refractivity contribution in [3.8, 4) is 5.75 Å². The molecule has 19 heavy (non-hydrogen) atoms. The standard InChI is InChI=1S/C13H21N3O3/c1-3-15(4-2)7-8-19-13-6-5-11(10-14)9-12(13)16(17)18/h5-6,9H,3-4,7-8,10,14H2,1-2H3. The van der Waals surface area contributed by atoms with Crippen molar-refractivity contribution in [1.82, 2.24) is 4.90 Å². The number of nitrogens with two attached hydrogens (primary N) is 1. The SMILES string of the molecule is CCN(CC)CCOc1ccc(CN)cc1[N+](=O)[O-]. The Morgan fingerprint density at radius 2 is 2.05 bits per heavy atom. The largest absolute Gasteiger partial charge is 0.485 e. The Labute approximate surface area is 113 Å².